The van der Waals surface area contributed by atoms with E-state index in [2.05, 4.69) is 9.88 Å². The number of fused-ring (bicyclic) bond motifs is 3. The summed E-state index contributed by atoms with van der Waals surface area (Å²) >= 11 is 0. The van der Waals surface area contributed by atoms with Crippen LogP contribution in [0.5, 0.6) is 0 Å². The third kappa shape index (κ3) is 1.94. The number of benzene rings is 1. The number of anilines is 2. The van der Waals surface area contributed by atoms with Crippen LogP contribution in [0, 0.1) is 0 Å². The molecule has 0 aliphatic carbocycles. The Labute approximate surface area is 138 Å². The fourth-order valence-electron chi connectivity index (χ4n) is 3.40. The van der Waals surface area contributed by atoms with Crippen molar-refractivity contribution in [3.63, 3.8) is 0 Å². The number of rotatable bonds is 2. The van der Waals surface area contributed by atoms with E-state index in [9.17, 15) is 9.59 Å². The van der Waals surface area contributed by atoms with Gasteiger partial charge in [-0.2, -0.15) is 4.98 Å². The molecule has 124 valence electrons. The first-order chi connectivity index (χ1) is 11.6. The monoisotopic (exact) mass is 325 g/mol. The highest BCUT2D eigenvalue weighted by Crippen LogP contribution is 2.30. The lowest BCUT2D eigenvalue weighted by Crippen LogP contribution is -2.39. The Bertz CT molecular complexity index is 1030. The second kappa shape index (κ2) is 5.36. The number of aromatic nitrogens is 4. The van der Waals surface area contributed by atoms with Gasteiger partial charge in [-0.1, -0.05) is 18.2 Å². The van der Waals surface area contributed by atoms with Gasteiger partial charge in [0.25, 0.3) is 5.56 Å². The number of hydrogen-bond donors (Lipinski definition) is 0. The smallest absolute Gasteiger partial charge is 0.312 e. The molecule has 1 aromatic carbocycles. The van der Waals surface area contributed by atoms with Crippen LogP contribution in [0.1, 0.15) is 13.3 Å². The lowest BCUT2D eigenvalue weighted by Gasteiger charge is -2.28. The molecule has 0 saturated heterocycles. The lowest BCUT2D eigenvalue weighted by atomic mass is 10.2. The fourth-order valence-corrected chi connectivity index (χ4v) is 3.40. The van der Waals surface area contributed by atoms with Gasteiger partial charge in [0, 0.05) is 32.4 Å². The van der Waals surface area contributed by atoms with Gasteiger partial charge >= 0.3 is 5.69 Å². The van der Waals surface area contributed by atoms with E-state index in [4.69, 9.17) is 0 Å². The Hall–Kier alpha value is -2.83. The first-order valence-electron chi connectivity index (χ1n) is 8.16. The molecule has 2 aromatic heterocycles. The van der Waals surface area contributed by atoms with E-state index in [1.807, 2.05) is 34.9 Å². The first kappa shape index (κ1) is 14.7. The van der Waals surface area contributed by atoms with E-state index in [0.717, 1.165) is 31.1 Å². The molecule has 0 amide bonds. The Balaban J connectivity index is 2.04. The van der Waals surface area contributed by atoms with E-state index in [0.29, 0.717) is 17.7 Å². The summed E-state index contributed by atoms with van der Waals surface area (Å²) in [5.41, 5.74) is 1.41. The zero-order valence-electron chi connectivity index (χ0n) is 13.8. The minimum atomic E-state index is -0.322. The van der Waals surface area contributed by atoms with Crippen LogP contribution in [0.3, 0.4) is 0 Å². The maximum atomic E-state index is 12.8. The zero-order chi connectivity index (χ0) is 16.8. The van der Waals surface area contributed by atoms with Gasteiger partial charge in [-0.25, -0.2) is 4.79 Å². The van der Waals surface area contributed by atoms with Crippen molar-refractivity contribution in [2.24, 2.45) is 7.05 Å². The van der Waals surface area contributed by atoms with Crippen LogP contribution in [-0.4, -0.2) is 25.2 Å². The predicted molar refractivity (Wildman–Crippen MR) is 93.0 cm³/mol. The number of para-hydroxylation sites is 1. The summed E-state index contributed by atoms with van der Waals surface area (Å²) in [7, 11) is 1.67. The molecule has 0 spiro atoms. The minimum absolute atomic E-state index is 0.260. The van der Waals surface area contributed by atoms with Crippen LogP contribution in [0.2, 0.25) is 0 Å². The van der Waals surface area contributed by atoms with Crippen molar-refractivity contribution in [2.75, 3.05) is 11.4 Å². The molecule has 3 heterocycles. The van der Waals surface area contributed by atoms with Crippen LogP contribution in [0.4, 0.5) is 11.6 Å². The molecular formula is C17H19N5O2. The van der Waals surface area contributed by atoms with Crippen molar-refractivity contribution < 1.29 is 0 Å². The van der Waals surface area contributed by atoms with Gasteiger partial charge < -0.3 is 9.47 Å². The Kier molecular flexibility index (Phi) is 3.30. The van der Waals surface area contributed by atoms with Gasteiger partial charge in [-0.3, -0.25) is 13.9 Å². The molecule has 1 aliphatic heterocycles. The summed E-state index contributed by atoms with van der Waals surface area (Å²) in [6.45, 7) is 3.72. The number of imidazole rings is 1. The Morgan fingerprint density at radius 2 is 1.88 bits per heavy atom. The molecule has 24 heavy (non-hydrogen) atoms. The minimum Gasteiger partial charge on any atom is -0.312 e. The zero-order valence-corrected chi connectivity index (χ0v) is 13.8. The van der Waals surface area contributed by atoms with E-state index in [-0.39, 0.29) is 11.2 Å². The van der Waals surface area contributed by atoms with Gasteiger partial charge in [-0.05, 0) is 25.5 Å². The molecule has 0 bridgehead atoms. The van der Waals surface area contributed by atoms with Crippen molar-refractivity contribution in [3.8, 4) is 0 Å². The number of aryl methyl sites for hydroxylation is 2. The summed E-state index contributed by atoms with van der Waals surface area (Å²) in [4.78, 5) is 31.9. The van der Waals surface area contributed by atoms with Crippen LogP contribution in [-0.2, 0) is 20.1 Å². The molecule has 0 unspecified atom stereocenters. The van der Waals surface area contributed by atoms with Crippen molar-refractivity contribution in [1.29, 1.82) is 0 Å². The Morgan fingerprint density at radius 1 is 1.12 bits per heavy atom. The topological polar surface area (TPSA) is 65.1 Å². The summed E-state index contributed by atoms with van der Waals surface area (Å²) in [5.74, 6) is 0.725. The fraction of sp³-hybridized carbons (Fsp3) is 0.353. The van der Waals surface area contributed by atoms with Crippen LogP contribution >= 0.6 is 0 Å². The van der Waals surface area contributed by atoms with Crippen LogP contribution in [0.25, 0.3) is 11.2 Å². The third-order valence-electron chi connectivity index (χ3n) is 4.60. The van der Waals surface area contributed by atoms with Gasteiger partial charge in [-0.15, -0.1) is 0 Å². The third-order valence-corrected chi connectivity index (χ3v) is 4.60. The average molecular weight is 325 g/mol. The standard InChI is InChI=1S/C17H19N5O2/c1-3-20-15(23)13-14(19(2)17(20)24)18-16-21(10-7-11-22(13)16)12-8-5-4-6-9-12/h4-6,8-9H,3,7,10-11H2,1-2H3. The highest BCUT2D eigenvalue weighted by atomic mass is 16.2. The maximum Gasteiger partial charge on any atom is 0.332 e. The summed E-state index contributed by atoms with van der Waals surface area (Å²) in [6, 6.07) is 9.99. The van der Waals surface area contributed by atoms with Gasteiger partial charge in [0.05, 0.1) is 0 Å². The lowest BCUT2D eigenvalue weighted by molar-refractivity contribution is 0.595. The quantitative estimate of drug-likeness (QED) is 0.715. The number of hydrogen-bond acceptors (Lipinski definition) is 4. The number of nitrogens with zero attached hydrogens (tertiary/aromatic N) is 5. The summed E-state index contributed by atoms with van der Waals surface area (Å²) < 4.78 is 4.67. The van der Waals surface area contributed by atoms with Crippen molar-refractivity contribution in [3.05, 3.63) is 51.2 Å². The summed E-state index contributed by atoms with van der Waals surface area (Å²) in [5, 5.41) is 0. The highest BCUT2D eigenvalue weighted by Gasteiger charge is 2.26. The molecule has 0 radical (unpaired) electrons. The van der Waals surface area contributed by atoms with Gasteiger partial charge in [0.2, 0.25) is 5.95 Å². The molecule has 0 fully saturated rings. The molecule has 7 heteroatoms. The second-order valence-corrected chi connectivity index (χ2v) is 5.97. The second-order valence-electron chi connectivity index (χ2n) is 5.97. The SMILES string of the molecule is CCn1c(=O)c2c(nc3n2CCCN3c2ccccc2)n(C)c1=O. The van der Waals surface area contributed by atoms with Crippen molar-refractivity contribution >= 4 is 22.8 Å². The van der Waals surface area contributed by atoms with Crippen molar-refractivity contribution in [2.45, 2.75) is 26.4 Å². The van der Waals surface area contributed by atoms with Crippen LogP contribution < -0.4 is 16.1 Å². The molecule has 4 rings (SSSR count). The van der Waals surface area contributed by atoms with E-state index >= 15 is 0 Å². The predicted octanol–water partition coefficient (Wildman–Crippen LogP) is 1.46. The van der Waals surface area contributed by atoms with E-state index in [1.165, 1.54) is 9.13 Å². The molecule has 7 nitrogen and oxygen atoms in total. The molecule has 1 aliphatic rings. The van der Waals surface area contributed by atoms with Crippen LogP contribution in [0.15, 0.2) is 39.9 Å². The van der Waals surface area contributed by atoms with Gasteiger partial charge in [0.1, 0.15) is 0 Å². The normalized spacial score (nSPS) is 14.2. The van der Waals surface area contributed by atoms with Gasteiger partial charge in [0.15, 0.2) is 11.2 Å². The molecule has 0 atom stereocenters. The largest absolute Gasteiger partial charge is 0.332 e. The average Bonchev–Trinajstić information content (AvgIpc) is 3.01. The Morgan fingerprint density at radius 3 is 2.58 bits per heavy atom. The molecule has 0 saturated carbocycles. The molecule has 0 N–H and O–H groups in total. The van der Waals surface area contributed by atoms with E-state index in [1.54, 1.807) is 14.0 Å². The maximum absolute atomic E-state index is 12.8. The highest BCUT2D eigenvalue weighted by molar-refractivity contribution is 5.77. The first-order valence-corrected chi connectivity index (χ1v) is 8.16. The summed E-state index contributed by atoms with van der Waals surface area (Å²) in [6.07, 6.45) is 0.918. The molecule has 3 aromatic rings. The van der Waals surface area contributed by atoms with E-state index < -0.39 is 0 Å². The van der Waals surface area contributed by atoms with Crippen molar-refractivity contribution in [1.82, 2.24) is 18.7 Å². The molecular weight excluding hydrogens is 306 g/mol.